The molecule has 2 atom stereocenters. The van der Waals surface area contributed by atoms with E-state index in [1.54, 1.807) is 12.1 Å². The van der Waals surface area contributed by atoms with Gasteiger partial charge in [0.15, 0.2) is 0 Å². The number of nitrogens with zero attached hydrogens (tertiary/aromatic N) is 2. The van der Waals surface area contributed by atoms with Crippen molar-refractivity contribution in [1.29, 1.82) is 0 Å². The number of hydrogen-bond donors (Lipinski definition) is 0. The Labute approximate surface area is 175 Å². The van der Waals surface area contributed by atoms with Crippen molar-refractivity contribution in [3.63, 3.8) is 0 Å². The average Bonchev–Trinajstić information content (AvgIpc) is 2.86. The summed E-state index contributed by atoms with van der Waals surface area (Å²) < 4.78 is 64.6. The minimum Gasteiger partial charge on any atom is -0.371 e. The Balaban J connectivity index is 1.68. The summed E-state index contributed by atoms with van der Waals surface area (Å²) in [6, 6.07) is 9.15. The zero-order valence-electron chi connectivity index (χ0n) is 17.0. The van der Waals surface area contributed by atoms with Crippen LogP contribution in [0.5, 0.6) is 0 Å². The Kier molecular flexibility index (Phi) is 5.34. The lowest BCUT2D eigenvalue weighted by atomic mass is 9.91. The molecular formula is C22H25F3N2O2S. The van der Waals surface area contributed by atoms with Gasteiger partial charge >= 0.3 is 6.18 Å². The summed E-state index contributed by atoms with van der Waals surface area (Å²) in [5, 5.41) is 0. The molecule has 4 nitrogen and oxygen atoms in total. The van der Waals surface area contributed by atoms with Crippen molar-refractivity contribution in [2.75, 3.05) is 31.6 Å². The van der Waals surface area contributed by atoms with E-state index in [9.17, 15) is 21.6 Å². The van der Waals surface area contributed by atoms with Gasteiger partial charge in [-0.15, -0.1) is 0 Å². The van der Waals surface area contributed by atoms with E-state index in [0.29, 0.717) is 6.04 Å². The van der Waals surface area contributed by atoms with Gasteiger partial charge in [-0.1, -0.05) is 6.92 Å². The molecule has 1 unspecified atom stereocenters. The molecule has 0 spiro atoms. The van der Waals surface area contributed by atoms with Crippen molar-refractivity contribution in [2.45, 2.75) is 47.7 Å². The highest BCUT2D eigenvalue weighted by Crippen LogP contribution is 2.45. The summed E-state index contributed by atoms with van der Waals surface area (Å²) in [4.78, 5) is 4.66. The lowest BCUT2D eigenvalue weighted by Crippen LogP contribution is -2.31. The summed E-state index contributed by atoms with van der Waals surface area (Å²) in [5.41, 5.74) is 1.20. The maximum Gasteiger partial charge on any atom is 0.416 e. The van der Waals surface area contributed by atoms with E-state index >= 15 is 0 Å². The first kappa shape index (κ1) is 21.2. The van der Waals surface area contributed by atoms with Crippen LogP contribution in [0.3, 0.4) is 0 Å². The Morgan fingerprint density at radius 3 is 2.27 bits per heavy atom. The summed E-state index contributed by atoms with van der Waals surface area (Å²) in [6.45, 7) is 5.14. The van der Waals surface area contributed by atoms with E-state index in [4.69, 9.17) is 0 Å². The smallest absolute Gasteiger partial charge is 0.371 e. The summed E-state index contributed by atoms with van der Waals surface area (Å²) >= 11 is 0. The molecule has 2 aliphatic rings. The average molecular weight is 439 g/mol. The zero-order chi connectivity index (χ0) is 21.7. The number of alkyl halides is 3. The molecule has 2 aliphatic heterocycles. The Morgan fingerprint density at radius 2 is 1.63 bits per heavy atom. The van der Waals surface area contributed by atoms with Gasteiger partial charge in [-0.2, -0.15) is 13.2 Å². The molecule has 162 valence electrons. The molecule has 1 saturated heterocycles. The maximum absolute atomic E-state index is 13.1. The maximum atomic E-state index is 13.1. The molecular weight excluding hydrogens is 413 g/mol. The minimum absolute atomic E-state index is 0.128. The zero-order valence-corrected chi connectivity index (χ0v) is 17.8. The monoisotopic (exact) mass is 438 g/mol. The Bertz CT molecular complexity index is 1040. The molecule has 0 saturated carbocycles. The number of likely N-dealkylation sites (N-methyl/N-ethyl adjacent to an activating group) is 1. The van der Waals surface area contributed by atoms with Crippen molar-refractivity contribution < 1.29 is 21.6 Å². The van der Waals surface area contributed by atoms with Crippen LogP contribution >= 0.6 is 0 Å². The van der Waals surface area contributed by atoms with Gasteiger partial charge in [-0.3, -0.25) is 0 Å². The minimum atomic E-state index is -4.50. The predicted molar refractivity (Wildman–Crippen MR) is 110 cm³/mol. The number of anilines is 1. The van der Waals surface area contributed by atoms with Crippen LogP contribution in [0.1, 0.15) is 36.8 Å². The van der Waals surface area contributed by atoms with Crippen LogP contribution < -0.4 is 4.90 Å². The summed E-state index contributed by atoms with van der Waals surface area (Å²) in [7, 11) is -1.85. The standard InChI is InChI=1S/C22H25F3N2O2S/c1-3-27-12-10-18-19-14-17(8-9-20(19)26(2)21(18)11-13-27)30(28,29)16-6-4-15(5-7-16)22(23,24)25/h4-9,14,18,21H,3,10-13H2,1-2H3/t18-,21?/m0/s1. The first-order chi connectivity index (χ1) is 14.1. The number of rotatable bonds is 3. The van der Waals surface area contributed by atoms with Crippen LogP contribution in [0.25, 0.3) is 0 Å². The quantitative estimate of drug-likeness (QED) is 0.705. The van der Waals surface area contributed by atoms with E-state index in [1.165, 1.54) is 0 Å². The second kappa shape index (κ2) is 7.57. The van der Waals surface area contributed by atoms with E-state index in [2.05, 4.69) is 23.8 Å². The van der Waals surface area contributed by atoms with Crippen LogP contribution in [0, 0.1) is 0 Å². The van der Waals surface area contributed by atoms with Crippen LogP contribution in [0.2, 0.25) is 0 Å². The number of sulfone groups is 1. The lowest BCUT2D eigenvalue weighted by molar-refractivity contribution is -0.137. The van der Waals surface area contributed by atoms with Crippen molar-refractivity contribution in [3.8, 4) is 0 Å². The number of fused-ring (bicyclic) bond motifs is 3. The molecule has 30 heavy (non-hydrogen) atoms. The Morgan fingerprint density at radius 1 is 1.00 bits per heavy atom. The van der Waals surface area contributed by atoms with Gasteiger partial charge in [0.05, 0.1) is 15.4 Å². The predicted octanol–water partition coefficient (Wildman–Crippen LogP) is 4.56. The molecule has 0 aromatic heterocycles. The fourth-order valence-corrected chi connectivity index (χ4v) is 6.04. The highest BCUT2D eigenvalue weighted by atomic mass is 32.2. The first-order valence-electron chi connectivity index (χ1n) is 10.1. The number of benzene rings is 2. The van der Waals surface area contributed by atoms with Crippen molar-refractivity contribution in [2.24, 2.45) is 0 Å². The number of halogens is 3. The van der Waals surface area contributed by atoms with Crippen LogP contribution in [-0.4, -0.2) is 46.0 Å². The fourth-order valence-electron chi connectivity index (χ4n) is 4.74. The molecule has 1 fully saturated rings. The molecule has 4 rings (SSSR count). The number of hydrogen-bond acceptors (Lipinski definition) is 4. The normalized spacial score (nSPS) is 22.5. The van der Waals surface area contributed by atoms with E-state index < -0.39 is 21.6 Å². The van der Waals surface area contributed by atoms with E-state index in [1.807, 2.05) is 6.07 Å². The molecule has 2 heterocycles. The topological polar surface area (TPSA) is 40.6 Å². The first-order valence-corrected chi connectivity index (χ1v) is 11.6. The van der Waals surface area contributed by atoms with E-state index in [0.717, 1.165) is 68.0 Å². The van der Waals surface area contributed by atoms with Crippen molar-refractivity contribution in [1.82, 2.24) is 4.90 Å². The van der Waals surface area contributed by atoms with Gasteiger partial charge in [0.2, 0.25) is 9.84 Å². The fraction of sp³-hybridized carbons (Fsp3) is 0.455. The van der Waals surface area contributed by atoms with Gasteiger partial charge < -0.3 is 9.80 Å². The third-order valence-corrected chi connectivity index (χ3v) is 8.25. The van der Waals surface area contributed by atoms with E-state index in [-0.39, 0.29) is 15.7 Å². The third-order valence-electron chi connectivity index (χ3n) is 6.49. The van der Waals surface area contributed by atoms with Gasteiger partial charge in [-0.05, 0) is 74.0 Å². The second-order valence-electron chi connectivity index (χ2n) is 8.04. The molecule has 0 N–H and O–H groups in total. The SMILES string of the molecule is CCN1CCC2[C@@H](CC1)c1cc(S(=O)(=O)c3ccc(C(F)(F)F)cc3)ccc1N2C. The van der Waals surface area contributed by atoms with Crippen LogP contribution in [0.4, 0.5) is 18.9 Å². The summed E-state index contributed by atoms with van der Waals surface area (Å²) in [6.07, 6.45) is -2.52. The molecule has 8 heteroatoms. The highest BCUT2D eigenvalue weighted by Gasteiger charge is 2.39. The summed E-state index contributed by atoms with van der Waals surface area (Å²) in [5.74, 6) is 0.254. The molecule has 0 aliphatic carbocycles. The lowest BCUT2D eigenvalue weighted by Gasteiger charge is -2.25. The third kappa shape index (κ3) is 3.60. The second-order valence-corrected chi connectivity index (χ2v) is 9.99. The number of likely N-dealkylation sites (tertiary alicyclic amines) is 1. The molecule has 0 bridgehead atoms. The molecule has 2 aromatic carbocycles. The van der Waals surface area contributed by atoms with Gasteiger partial charge in [-0.25, -0.2) is 8.42 Å². The van der Waals surface area contributed by atoms with Gasteiger partial charge in [0.1, 0.15) is 0 Å². The van der Waals surface area contributed by atoms with Gasteiger partial charge in [0.25, 0.3) is 0 Å². The Hall–Kier alpha value is -2.06. The van der Waals surface area contributed by atoms with Crippen molar-refractivity contribution in [3.05, 3.63) is 53.6 Å². The molecule has 2 aromatic rings. The van der Waals surface area contributed by atoms with Crippen LogP contribution in [0.15, 0.2) is 52.3 Å². The highest BCUT2D eigenvalue weighted by molar-refractivity contribution is 7.91. The largest absolute Gasteiger partial charge is 0.416 e. The molecule has 0 radical (unpaired) electrons. The van der Waals surface area contributed by atoms with Gasteiger partial charge in [0, 0.05) is 31.2 Å². The molecule has 0 amide bonds. The van der Waals surface area contributed by atoms with Crippen molar-refractivity contribution >= 4 is 15.5 Å². The van der Waals surface area contributed by atoms with Crippen LogP contribution in [-0.2, 0) is 16.0 Å².